The standard InChI is InChI=1S/C30H36N2O2.C2H6/c1-33-29-21-26-25(20-30(29)34-22-23-10-4-2-5-11-23)16-17-31-27(26)15-14-24-12-6-7-13-28(24)32-18-8-3-9-19-32;1-2/h2,4-5,7,10-11,13-15,20-21,27,31H,3,6,8-9,12,16-19,22H2,1H3;1-2H3/b15-14+;. The van der Waals surface area contributed by atoms with Crippen molar-refractivity contribution in [2.45, 2.75) is 65.0 Å². The molecule has 0 bridgehead atoms. The molecule has 2 aliphatic heterocycles. The monoisotopic (exact) mass is 486 g/mol. The van der Waals surface area contributed by atoms with Crippen molar-refractivity contribution in [3.8, 4) is 11.5 Å². The highest BCUT2D eigenvalue weighted by molar-refractivity contribution is 5.51. The molecule has 1 atom stereocenters. The highest BCUT2D eigenvalue weighted by Crippen LogP contribution is 2.37. The highest BCUT2D eigenvalue weighted by atomic mass is 16.5. The molecule has 0 spiro atoms. The van der Waals surface area contributed by atoms with Crippen LogP contribution in [0, 0.1) is 0 Å². The van der Waals surface area contributed by atoms with Gasteiger partial charge in [-0.25, -0.2) is 0 Å². The van der Waals surface area contributed by atoms with Crippen LogP contribution in [0.5, 0.6) is 11.5 Å². The molecule has 0 saturated carbocycles. The second-order valence-electron chi connectivity index (χ2n) is 9.42. The SMILES string of the molecule is CC.COc1cc2c(cc1OCc1ccccc1)CCNC2/C=C/C1=C(N2CCCCC2)C=CCC1. The molecule has 0 aromatic heterocycles. The molecule has 3 aliphatic rings. The molecular formula is C32H42N2O2. The molecule has 2 aromatic carbocycles. The van der Waals surface area contributed by atoms with Crippen LogP contribution in [0.1, 0.15) is 68.7 Å². The van der Waals surface area contributed by atoms with Crippen LogP contribution in [-0.2, 0) is 13.0 Å². The predicted octanol–water partition coefficient (Wildman–Crippen LogP) is 7.13. The van der Waals surface area contributed by atoms with Gasteiger partial charge in [-0.3, -0.25) is 0 Å². The molecule has 1 saturated heterocycles. The van der Waals surface area contributed by atoms with E-state index < -0.39 is 0 Å². The van der Waals surface area contributed by atoms with E-state index in [1.807, 2.05) is 32.0 Å². The summed E-state index contributed by atoms with van der Waals surface area (Å²) < 4.78 is 11.9. The number of fused-ring (bicyclic) bond motifs is 1. The molecule has 192 valence electrons. The second-order valence-corrected chi connectivity index (χ2v) is 9.42. The van der Waals surface area contributed by atoms with Gasteiger partial charge in [-0.2, -0.15) is 0 Å². The van der Waals surface area contributed by atoms with Crippen molar-refractivity contribution in [2.75, 3.05) is 26.7 Å². The van der Waals surface area contributed by atoms with Crippen molar-refractivity contribution in [1.29, 1.82) is 0 Å². The van der Waals surface area contributed by atoms with Gasteiger partial charge in [0.2, 0.25) is 0 Å². The normalized spacial score (nSPS) is 19.5. The van der Waals surface area contributed by atoms with Gasteiger partial charge in [0.1, 0.15) is 6.61 Å². The zero-order chi connectivity index (χ0) is 25.2. The third-order valence-electron chi connectivity index (χ3n) is 7.13. The molecule has 0 amide bonds. The van der Waals surface area contributed by atoms with Crippen LogP contribution in [0.3, 0.4) is 0 Å². The maximum absolute atomic E-state index is 6.17. The van der Waals surface area contributed by atoms with E-state index in [9.17, 15) is 0 Å². The summed E-state index contributed by atoms with van der Waals surface area (Å²) in [6.07, 6.45) is 16.6. The van der Waals surface area contributed by atoms with Crippen LogP contribution in [0.15, 0.2) is 78.0 Å². The summed E-state index contributed by atoms with van der Waals surface area (Å²) in [4.78, 5) is 2.58. The summed E-state index contributed by atoms with van der Waals surface area (Å²) in [5.74, 6) is 1.62. The van der Waals surface area contributed by atoms with Gasteiger partial charge in [-0.15, -0.1) is 0 Å². The molecule has 1 N–H and O–H groups in total. The third-order valence-corrected chi connectivity index (χ3v) is 7.13. The Balaban J connectivity index is 0.00000148. The van der Waals surface area contributed by atoms with Gasteiger partial charge in [0.25, 0.3) is 0 Å². The third kappa shape index (κ3) is 6.41. The molecule has 1 aliphatic carbocycles. The van der Waals surface area contributed by atoms with E-state index >= 15 is 0 Å². The quantitative estimate of drug-likeness (QED) is 0.451. The molecule has 5 rings (SSSR count). The Morgan fingerprint density at radius 1 is 1.00 bits per heavy atom. The summed E-state index contributed by atoms with van der Waals surface area (Å²) in [6, 6.07) is 14.8. The van der Waals surface area contributed by atoms with Gasteiger partial charge in [0.15, 0.2) is 11.5 Å². The summed E-state index contributed by atoms with van der Waals surface area (Å²) >= 11 is 0. The van der Waals surface area contributed by atoms with Gasteiger partial charge in [-0.05, 0) is 79.0 Å². The van der Waals surface area contributed by atoms with Crippen LogP contribution in [0.4, 0.5) is 0 Å². The number of benzene rings is 2. The molecule has 36 heavy (non-hydrogen) atoms. The van der Waals surface area contributed by atoms with Crippen molar-refractivity contribution in [3.05, 3.63) is 94.7 Å². The molecule has 4 nitrogen and oxygen atoms in total. The van der Waals surface area contributed by atoms with E-state index in [2.05, 4.69) is 58.8 Å². The first-order chi connectivity index (χ1) is 17.8. The predicted molar refractivity (Wildman–Crippen MR) is 150 cm³/mol. The van der Waals surface area contributed by atoms with Crippen LogP contribution in [-0.4, -0.2) is 31.6 Å². The van der Waals surface area contributed by atoms with Gasteiger partial charge < -0.3 is 19.7 Å². The van der Waals surface area contributed by atoms with E-state index in [1.54, 1.807) is 7.11 Å². The lowest BCUT2D eigenvalue weighted by atomic mass is 9.92. The number of hydrogen-bond donors (Lipinski definition) is 1. The average Bonchev–Trinajstić information content (AvgIpc) is 2.96. The molecule has 1 fully saturated rings. The average molecular weight is 487 g/mol. The van der Waals surface area contributed by atoms with E-state index in [4.69, 9.17) is 9.47 Å². The lowest BCUT2D eigenvalue weighted by Gasteiger charge is -2.32. The van der Waals surface area contributed by atoms with Crippen molar-refractivity contribution in [1.82, 2.24) is 10.2 Å². The number of allylic oxidation sites excluding steroid dienone is 4. The molecule has 1 unspecified atom stereocenters. The van der Waals surface area contributed by atoms with Gasteiger partial charge in [-0.1, -0.05) is 62.4 Å². The Morgan fingerprint density at radius 2 is 1.81 bits per heavy atom. The minimum Gasteiger partial charge on any atom is -0.493 e. The zero-order valence-corrected chi connectivity index (χ0v) is 22.3. The van der Waals surface area contributed by atoms with Gasteiger partial charge in [0, 0.05) is 25.3 Å². The van der Waals surface area contributed by atoms with Crippen molar-refractivity contribution < 1.29 is 9.47 Å². The Morgan fingerprint density at radius 3 is 2.58 bits per heavy atom. The number of rotatable bonds is 7. The number of piperidine rings is 1. The van der Waals surface area contributed by atoms with E-state index in [-0.39, 0.29) is 6.04 Å². The Hall–Kier alpha value is -2.98. The van der Waals surface area contributed by atoms with Crippen molar-refractivity contribution in [3.63, 3.8) is 0 Å². The minimum absolute atomic E-state index is 0.182. The van der Waals surface area contributed by atoms with Gasteiger partial charge in [0.05, 0.1) is 13.2 Å². The van der Waals surface area contributed by atoms with E-state index in [1.165, 1.54) is 54.7 Å². The number of ether oxygens (including phenoxy) is 2. The number of hydrogen-bond acceptors (Lipinski definition) is 4. The topological polar surface area (TPSA) is 33.7 Å². The fourth-order valence-corrected chi connectivity index (χ4v) is 5.27. The van der Waals surface area contributed by atoms with Crippen LogP contribution >= 0.6 is 0 Å². The highest BCUT2D eigenvalue weighted by Gasteiger charge is 2.22. The summed E-state index contributed by atoms with van der Waals surface area (Å²) in [6.45, 7) is 7.87. The molecule has 4 heteroatoms. The lowest BCUT2D eigenvalue weighted by molar-refractivity contribution is 0.283. The van der Waals surface area contributed by atoms with Crippen molar-refractivity contribution >= 4 is 0 Å². The van der Waals surface area contributed by atoms with Crippen molar-refractivity contribution in [2.24, 2.45) is 0 Å². The fourth-order valence-electron chi connectivity index (χ4n) is 5.27. The molecule has 2 heterocycles. The first kappa shape index (κ1) is 26.1. The Kier molecular flexibility index (Phi) is 9.68. The maximum Gasteiger partial charge on any atom is 0.161 e. The number of nitrogens with one attached hydrogen (secondary N) is 1. The second kappa shape index (κ2) is 13.4. The van der Waals surface area contributed by atoms with E-state index in [0.717, 1.165) is 42.9 Å². The van der Waals surface area contributed by atoms with Crippen LogP contribution in [0.2, 0.25) is 0 Å². The molecule has 0 radical (unpaired) electrons. The summed E-state index contributed by atoms with van der Waals surface area (Å²) in [5, 5.41) is 3.70. The maximum atomic E-state index is 6.17. The Labute approximate surface area is 217 Å². The van der Waals surface area contributed by atoms with Crippen LogP contribution < -0.4 is 14.8 Å². The lowest BCUT2D eigenvalue weighted by Crippen LogP contribution is -2.30. The smallest absolute Gasteiger partial charge is 0.161 e. The Bertz CT molecular complexity index is 1070. The van der Waals surface area contributed by atoms with Gasteiger partial charge >= 0.3 is 0 Å². The zero-order valence-electron chi connectivity index (χ0n) is 22.3. The number of likely N-dealkylation sites (tertiary alicyclic amines) is 1. The van der Waals surface area contributed by atoms with Crippen LogP contribution in [0.25, 0.3) is 0 Å². The first-order valence-electron chi connectivity index (χ1n) is 13.8. The summed E-state index contributed by atoms with van der Waals surface area (Å²) in [5.41, 5.74) is 6.68. The first-order valence-corrected chi connectivity index (χ1v) is 13.8. The summed E-state index contributed by atoms with van der Waals surface area (Å²) in [7, 11) is 1.72. The number of nitrogens with zero attached hydrogens (tertiary/aromatic N) is 1. The molecular weight excluding hydrogens is 444 g/mol. The fraction of sp³-hybridized carbons (Fsp3) is 0.438. The number of methoxy groups -OCH3 is 1. The largest absolute Gasteiger partial charge is 0.493 e. The minimum atomic E-state index is 0.182. The molecule has 2 aromatic rings. The van der Waals surface area contributed by atoms with E-state index in [0.29, 0.717) is 6.61 Å².